The van der Waals surface area contributed by atoms with Crippen LogP contribution in [0, 0.1) is 0 Å². The second-order valence-electron chi connectivity index (χ2n) is 5.53. The number of nitrogens with one attached hydrogen (secondary N) is 1. The fraction of sp³-hybridized carbons (Fsp3) is 0.222. The van der Waals surface area contributed by atoms with Crippen molar-refractivity contribution in [2.75, 3.05) is 6.54 Å². The fourth-order valence-electron chi connectivity index (χ4n) is 3.24. The molecule has 1 aliphatic rings. The number of thiophene rings is 1. The lowest BCUT2D eigenvalue weighted by Gasteiger charge is -2.31. The first kappa shape index (κ1) is 12.1. The predicted octanol–water partition coefficient (Wildman–Crippen LogP) is 4.70. The van der Waals surface area contributed by atoms with Crippen molar-refractivity contribution in [2.24, 2.45) is 0 Å². The molecule has 0 saturated carbocycles. The molecule has 2 heteroatoms. The van der Waals surface area contributed by atoms with Gasteiger partial charge in [-0.15, -0.1) is 11.3 Å². The Labute approximate surface area is 123 Å². The molecule has 0 unspecified atom stereocenters. The van der Waals surface area contributed by atoms with Crippen molar-refractivity contribution in [1.82, 2.24) is 5.32 Å². The highest BCUT2D eigenvalue weighted by molar-refractivity contribution is 7.17. The van der Waals surface area contributed by atoms with Crippen molar-refractivity contribution in [1.29, 1.82) is 0 Å². The van der Waals surface area contributed by atoms with E-state index in [1.165, 1.54) is 26.8 Å². The summed E-state index contributed by atoms with van der Waals surface area (Å²) in [6.45, 7) is 3.27. The molecule has 20 heavy (non-hydrogen) atoms. The molecule has 0 aliphatic carbocycles. The van der Waals surface area contributed by atoms with Crippen LogP contribution in [-0.2, 0) is 0 Å². The molecule has 0 fully saturated rings. The standard InChI is InChI=1S/C18H17NS/c1-12-15-4-2-3-5-16(15)17(11-19-12)13-6-7-18-14(10-13)8-9-20-18/h2-10,12,17,19H,11H2,1H3/t12-,17-/m1/s1. The van der Waals surface area contributed by atoms with Gasteiger partial charge in [-0.3, -0.25) is 0 Å². The maximum Gasteiger partial charge on any atom is 0.0342 e. The van der Waals surface area contributed by atoms with Crippen molar-refractivity contribution >= 4 is 21.4 Å². The first-order valence-corrected chi connectivity index (χ1v) is 8.00. The molecule has 4 rings (SSSR count). The van der Waals surface area contributed by atoms with Crippen LogP contribution in [0.25, 0.3) is 10.1 Å². The second kappa shape index (κ2) is 4.72. The summed E-state index contributed by atoms with van der Waals surface area (Å²) in [7, 11) is 0. The number of rotatable bonds is 1. The van der Waals surface area contributed by atoms with Crippen molar-refractivity contribution in [3.8, 4) is 0 Å². The number of hydrogen-bond donors (Lipinski definition) is 1. The lowest BCUT2D eigenvalue weighted by Crippen LogP contribution is -2.31. The van der Waals surface area contributed by atoms with Crippen molar-refractivity contribution in [3.63, 3.8) is 0 Å². The molecule has 1 N–H and O–H groups in total. The van der Waals surface area contributed by atoms with E-state index >= 15 is 0 Å². The van der Waals surface area contributed by atoms with Crippen LogP contribution in [-0.4, -0.2) is 6.54 Å². The lowest BCUT2D eigenvalue weighted by molar-refractivity contribution is 0.508. The van der Waals surface area contributed by atoms with Crippen LogP contribution in [0.3, 0.4) is 0 Å². The van der Waals surface area contributed by atoms with Gasteiger partial charge in [-0.25, -0.2) is 0 Å². The summed E-state index contributed by atoms with van der Waals surface area (Å²) in [5.41, 5.74) is 4.34. The topological polar surface area (TPSA) is 12.0 Å². The molecule has 1 nitrogen and oxygen atoms in total. The molecule has 0 radical (unpaired) electrons. The molecule has 0 amide bonds. The van der Waals surface area contributed by atoms with Gasteiger partial charge in [0.1, 0.15) is 0 Å². The van der Waals surface area contributed by atoms with E-state index in [1.54, 1.807) is 0 Å². The first-order valence-electron chi connectivity index (χ1n) is 7.12. The zero-order valence-electron chi connectivity index (χ0n) is 11.5. The third kappa shape index (κ3) is 1.88. The zero-order chi connectivity index (χ0) is 13.5. The van der Waals surface area contributed by atoms with Gasteiger partial charge in [0, 0.05) is 23.2 Å². The van der Waals surface area contributed by atoms with Crippen molar-refractivity contribution < 1.29 is 0 Å². The molecule has 0 saturated heterocycles. The Morgan fingerprint density at radius 2 is 1.90 bits per heavy atom. The van der Waals surface area contributed by atoms with Gasteiger partial charge in [0.05, 0.1) is 0 Å². The van der Waals surface area contributed by atoms with E-state index in [9.17, 15) is 0 Å². The van der Waals surface area contributed by atoms with Gasteiger partial charge in [0.2, 0.25) is 0 Å². The molecule has 2 heterocycles. The Balaban J connectivity index is 1.84. The highest BCUT2D eigenvalue weighted by Gasteiger charge is 2.25. The van der Waals surface area contributed by atoms with Crippen LogP contribution >= 0.6 is 11.3 Å². The van der Waals surface area contributed by atoms with Gasteiger partial charge in [0.15, 0.2) is 0 Å². The van der Waals surface area contributed by atoms with Gasteiger partial charge in [0.25, 0.3) is 0 Å². The number of hydrogen-bond acceptors (Lipinski definition) is 2. The van der Waals surface area contributed by atoms with Crippen LogP contribution in [0.5, 0.6) is 0 Å². The minimum absolute atomic E-state index is 0.451. The van der Waals surface area contributed by atoms with Gasteiger partial charge >= 0.3 is 0 Å². The summed E-state index contributed by atoms with van der Waals surface area (Å²) in [6, 6.07) is 18.4. The third-order valence-corrected chi connectivity index (χ3v) is 5.24. The summed E-state index contributed by atoms with van der Waals surface area (Å²) < 4.78 is 1.37. The monoisotopic (exact) mass is 279 g/mol. The predicted molar refractivity (Wildman–Crippen MR) is 86.5 cm³/mol. The summed E-state index contributed by atoms with van der Waals surface area (Å²) in [4.78, 5) is 0. The summed E-state index contributed by atoms with van der Waals surface area (Å²) >= 11 is 1.81. The molecule has 1 aromatic heterocycles. The van der Waals surface area contributed by atoms with Gasteiger partial charge in [-0.05, 0) is 52.6 Å². The molecule has 2 aromatic carbocycles. The molecular formula is C18H17NS. The van der Waals surface area contributed by atoms with Crippen LogP contribution in [0.4, 0.5) is 0 Å². The Kier molecular flexibility index (Phi) is 2.86. The van der Waals surface area contributed by atoms with E-state index in [0.29, 0.717) is 12.0 Å². The Bertz CT molecular complexity index is 759. The average Bonchev–Trinajstić information content (AvgIpc) is 2.95. The Morgan fingerprint density at radius 3 is 2.80 bits per heavy atom. The van der Waals surface area contributed by atoms with Gasteiger partial charge in [-0.2, -0.15) is 0 Å². The van der Waals surface area contributed by atoms with E-state index in [0.717, 1.165) is 6.54 Å². The minimum Gasteiger partial charge on any atom is -0.309 e. The minimum atomic E-state index is 0.451. The van der Waals surface area contributed by atoms with E-state index in [2.05, 4.69) is 66.2 Å². The van der Waals surface area contributed by atoms with Crippen molar-refractivity contribution in [3.05, 3.63) is 70.6 Å². The second-order valence-corrected chi connectivity index (χ2v) is 6.48. The largest absolute Gasteiger partial charge is 0.309 e. The normalized spacial score (nSPS) is 21.9. The quantitative estimate of drug-likeness (QED) is 0.681. The molecule has 0 spiro atoms. The summed E-state index contributed by atoms with van der Waals surface area (Å²) in [5.74, 6) is 0.465. The SMILES string of the molecule is C[C@H]1NC[C@H](c2ccc3sccc3c2)c2ccccc21. The maximum atomic E-state index is 3.63. The highest BCUT2D eigenvalue weighted by Crippen LogP contribution is 2.35. The number of fused-ring (bicyclic) bond motifs is 2. The first-order chi connectivity index (χ1) is 9.83. The fourth-order valence-corrected chi connectivity index (χ4v) is 4.01. The average molecular weight is 279 g/mol. The Hall–Kier alpha value is -1.64. The van der Waals surface area contributed by atoms with Gasteiger partial charge < -0.3 is 5.32 Å². The van der Waals surface area contributed by atoms with E-state index < -0.39 is 0 Å². The summed E-state index contributed by atoms with van der Waals surface area (Å²) in [5, 5.41) is 7.17. The number of benzene rings is 2. The Morgan fingerprint density at radius 1 is 1.05 bits per heavy atom. The molecule has 0 bridgehead atoms. The zero-order valence-corrected chi connectivity index (χ0v) is 12.3. The van der Waals surface area contributed by atoms with E-state index in [4.69, 9.17) is 0 Å². The van der Waals surface area contributed by atoms with Gasteiger partial charge in [-0.1, -0.05) is 30.3 Å². The molecule has 2 atom stereocenters. The molecule has 3 aromatic rings. The van der Waals surface area contributed by atoms with E-state index in [-0.39, 0.29) is 0 Å². The molecule has 100 valence electrons. The van der Waals surface area contributed by atoms with Crippen LogP contribution in [0.1, 0.15) is 35.6 Å². The van der Waals surface area contributed by atoms with E-state index in [1.807, 2.05) is 11.3 Å². The highest BCUT2D eigenvalue weighted by atomic mass is 32.1. The third-order valence-electron chi connectivity index (χ3n) is 4.34. The molecular weight excluding hydrogens is 262 g/mol. The lowest BCUT2D eigenvalue weighted by atomic mass is 9.83. The van der Waals surface area contributed by atoms with Crippen LogP contribution in [0.2, 0.25) is 0 Å². The van der Waals surface area contributed by atoms with Crippen LogP contribution < -0.4 is 5.32 Å². The van der Waals surface area contributed by atoms with Crippen LogP contribution in [0.15, 0.2) is 53.9 Å². The maximum absolute atomic E-state index is 3.63. The smallest absolute Gasteiger partial charge is 0.0342 e. The molecule has 1 aliphatic heterocycles. The van der Waals surface area contributed by atoms with Crippen molar-refractivity contribution in [2.45, 2.75) is 18.9 Å². The summed E-state index contributed by atoms with van der Waals surface area (Å²) in [6.07, 6.45) is 0.